The van der Waals surface area contributed by atoms with Gasteiger partial charge in [0.1, 0.15) is 10.3 Å². The van der Waals surface area contributed by atoms with Crippen molar-refractivity contribution < 1.29 is 0 Å². The van der Waals surface area contributed by atoms with Crippen molar-refractivity contribution in [1.29, 1.82) is 0 Å². The molecule has 0 aliphatic rings. The summed E-state index contributed by atoms with van der Waals surface area (Å²) in [6.07, 6.45) is 1.59. The molecule has 2 heterocycles. The zero-order chi connectivity index (χ0) is 11.7. The van der Waals surface area contributed by atoms with Crippen LogP contribution in [0.2, 0.25) is 5.02 Å². The molecule has 0 radical (unpaired) electrons. The van der Waals surface area contributed by atoms with Crippen LogP contribution in [-0.4, -0.2) is 15.0 Å². The number of nitrogens with zero attached hydrogens (tertiary/aromatic N) is 2. The number of hydrogen-bond donors (Lipinski definition) is 1. The number of rotatable bonds is 1. The highest BCUT2D eigenvalue weighted by molar-refractivity contribution is 7.71. The van der Waals surface area contributed by atoms with Crippen molar-refractivity contribution in [2.45, 2.75) is 13.8 Å². The third kappa shape index (κ3) is 2.13. The number of aromatic nitrogens is 3. The van der Waals surface area contributed by atoms with Crippen LogP contribution in [0.4, 0.5) is 0 Å². The summed E-state index contributed by atoms with van der Waals surface area (Å²) >= 11 is 10.9. The molecule has 0 aromatic carbocycles. The SMILES string of the molecule is Cc1[nH]c(-c2ccc(Cl)cn2)nc(=S)c1C. The summed E-state index contributed by atoms with van der Waals surface area (Å²) in [6, 6.07) is 3.59. The number of pyridine rings is 1. The van der Waals surface area contributed by atoms with E-state index in [1.165, 1.54) is 0 Å². The van der Waals surface area contributed by atoms with Gasteiger partial charge in [-0.2, -0.15) is 0 Å². The molecule has 0 atom stereocenters. The van der Waals surface area contributed by atoms with Crippen molar-refractivity contribution in [2.24, 2.45) is 0 Å². The van der Waals surface area contributed by atoms with Gasteiger partial charge in [-0.15, -0.1) is 0 Å². The van der Waals surface area contributed by atoms with E-state index in [0.717, 1.165) is 17.0 Å². The Bertz CT molecular complexity index is 575. The molecule has 0 amide bonds. The van der Waals surface area contributed by atoms with Gasteiger partial charge in [0.05, 0.1) is 5.02 Å². The molecule has 0 saturated heterocycles. The fourth-order valence-corrected chi connectivity index (χ4v) is 1.64. The molecule has 2 aromatic rings. The van der Waals surface area contributed by atoms with Crippen LogP contribution in [0.3, 0.4) is 0 Å². The van der Waals surface area contributed by atoms with Gasteiger partial charge in [-0.3, -0.25) is 4.98 Å². The zero-order valence-electron chi connectivity index (χ0n) is 8.91. The average Bonchev–Trinajstić information content (AvgIpc) is 2.26. The van der Waals surface area contributed by atoms with Gasteiger partial charge in [0.15, 0.2) is 5.82 Å². The molecule has 5 heteroatoms. The molecule has 0 bridgehead atoms. The molecule has 2 aromatic heterocycles. The first-order valence-corrected chi connectivity index (χ1v) is 5.56. The fourth-order valence-electron chi connectivity index (χ4n) is 1.28. The van der Waals surface area contributed by atoms with Gasteiger partial charge in [0, 0.05) is 17.5 Å². The molecule has 0 aliphatic heterocycles. The normalized spacial score (nSPS) is 10.4. The monoisotopic (exact) mass is 251 g/mol. The van der Waals surface area contributed by atoms with E-state index in [-0.39, 0.29) is 0 Å². The van der Waals surface area contributed by atoms with Gasteiger partial charge in [0.2, 0.25) is 0 Å². The lowest BCUT2D eigenvalue weighted by Gasteiger charge is -2.05. The predicted octanol–water partition coefficient (Wildman–Crippen LogP) is 3.47. The summed E-state index contributed by atoms with van der Waals surface area (Å²) in [7, 11) is 0. The molecule has 3 nitrogen and oxygen atoms in total. The molecule has 0 spiro atoms. The van der Waals surface area contributed by atoms with Crippen LogP contribution in [0.25, 0.3) is 11.5 Å². The van der Waals surface area contributed by atoms with E-state index in [2.05, 4.69) is 15.0 Å². The minimum Gasteiger partial charge on any atom is -0.342 e. The lowest BCUT2D eigenvalue weighted by atomic mass is 10.2. The minimum atomic E-state index is 0.600. The van der Waals surface area contributed by atoms with Crippen LogP contribution in [0.15, 0.2) is 18.3 Å². The fraction of sp³-hybridized carbons (Fsp3) is 0.182. The Morgan fingerprint density at radius 2 is 2.06 bits per heavy atom. The summed E-state index contributed by atoms with van der Waals surface area (Å²) in [5.41, 5.74) is 2.73. The van der Waals surface area contributed by atoms with Gasteiger partial charge >= 0.3 is 0 Å². The topological polar surface area (TPSA) is 41.6 Å². The van der Waals surface area contributed by atoms with Crippen LogP contribution >= 0.6 is 23.8 Å². The summed E-state index contributed by atoms with van der Waals surface area (Å²) in [4.78, 5) is 11.6. The van der Waals surface area contributed by atoms with Crippen molar-refractivity contribution in [3.8, 4) is 11.5 Å². The van der Waals surface area contributed by atoms with Gasteiger partial charge in [-0.25, -0.2) is 4.98 Å². The Balaban J connectivity index is 2.57. The van der Waals surface area contributed by atoms with E-state index in [1.807, 2.05) is 19.9 Å². The van der Waals surface area contributed by atoms with E-state index in [1.54, 1.807) is 12.3 Å². The number of hydrogen-bond acceptors (Lipinski definition) is 3. The van der Waals surface area contributed by atoms with Crippen LogP contribution in [0.5, 0.6) is 0 Å². The first-order valence-electron chi connectivity index (χ1n) is 4.77. The molecular weight excluding hydrogens is 242 g/mol. The lowest BCUT2D eigenvalue weighted by Crippen LogP contribution is -1.97. The average molecular weight is 252 g/mol. The lowest BCUT2D eigenvalue weighted by molar-refractivity contribution is 1.04. The van der Waals surface area contributed by atoms with Crippen LogP contribution in [0.1, 0.15) is 11.3 Å². The van der Waals surface area contributed by atoms with E-state index in [0.29, 0.717) is 15.5 Å². The Morgan fingerprint density at radius 1 is 1.31 bits per heavy atom. The van der Waals surface area contributed by atoms with E-state index < -0.39 is 0 Å². The highest BCUT2D eigenvalue weighted by Gasteiger charge is 2.04. The maximum absolute atomic E-state index is 5.77. The van der Waals surface area contributed by atoms with Crippen molar-refractivity contribution in [3.63, 3.8) is 0 Å². The third-order valence-corrected chi connectivity index (χ3v) is 2.99. The molecule has 0 saturated carbocycles. The molecule has 0 fully saturated rings. The largest absolute Gasteiger partial charge is 0.342 e. The molecular formula is C11H10ClN3S. The number of halogens is 1. The van der Waals surface area contributed by atoms with Crippen molar-refractivity contribution in [3.05, 3.63) is 39.3 Å². The molecule has 0 aliphatic carbocycles. The van der Waals surface area contributed by atoms with Gasteiger partial charge in [-0.05, 0) is 26.0 Å². The Hall–Kier alpha value is -1.26. The molecule has 0 unspecified atom stereocenters. The summed E-state index contributed by atoms with van der Waals surface area (Å²) < 4.78 is 0.600. The van der Waals surface area contributed by atoms with E-state index in [9.17, 15) is 0 Å². The molecule has 16 heavy (non-hydrogen) atoms. The summed E-state index contributed by atoms with van der Waals surface area (Å²) in [6.45, 7) is 3.91. The second-order valence-corrected chi connectivity index (χ2v) is 4.33. The Morgan fingerprint density at radius 3 is 2.62 bits per heavy atom. The van der Waals surface area contributed by atoms with E-state index in [4.69, 9.17) is 23.8 Å². The Kier molecular flexibility index (Phi) is 3.03. The first-order chi connectivity index (χ1) is 7.58. The van der Waals surface area contributed by atoms with Gasteiger partial charge < -0.3 is 4.98 Å². The quantitative estimate of drug-likeness (QED) is 0.789. The smallest absolute Gasteiger partial charge is 0.157 e. The predicted molar refractivity (Wildman–Crippen MR) is 67.1 cm³/mol. The second-order valence-electron chi connectivity index (χ2n) is 3.50. The van der Waals surface area contributed by atoms with Gasteiger partial charge in [0.25, 0.3) is 0 Å². The van der Waals surface area contributed by atoms with Crippen LogP contribution in [-0.2, 0) is 0 Å². The number of nitrogens with one attached hydrogen (secondary N) is 1. The van der Waals surface area contributed by atoms with Crippen molar-refractivity contribution >= 4 is 23.8 Å². The number of H-pyrrole nitrogens is 1. The highest BCUT2D eigenvalue weighted by atomic mass is 35.5. The summed E-state index contributed by atoms with van der Waals surface area (Å²) in [5.74, 6) is 0.671. The van der Waals surface area contributed by atoms with Crippen LogP contribution < -0.4 is 0 Å². The Labute approximate surface area is 104 Å². The molecule has 2 rings (SSSR count). The standard InChI is InChI=1S/C11H10ClN3S/c1-6-7(2)14-10(15-11(6)16)9-4-3-8(12)5-13-9/h3-5H,1-2H3,(H,14,15,16). The third-order valence-electron chi connectivity index (χ3n) is 2.37. The minimum absolute atomic E-state index is 0.600. The summed E-state index contributed by atoms with van der Waals surface area (Å²) in [5, 5.41) is 0.603. The number of aromatic amines is 1. The maximum atomic E-state index is 5.77. The maximum Gasteiger partial charge on any atom is 0.157 e. The second kappa shape index (κ2) is 4.31. The van der Waals surface area contributed by atoms with Gasteiger partial charge in [-0.1, -0.05) is 23.8 Å². The molecule has 1 N–H and O–H groups in total. The first kappa shape index (κ1) is 11.2. The van der Waals surface area contributed by atoms with E-state index >= 15 is 0 Å². The molecule has 82 valence electrons. The van der Waals surface area contributed by atoms with Crippen LogP contribution in [0, 0.1) is 18.5 Å². The van der Waals surface area contributed by atoms with Crippen molar-refractivity contribution in [1.82, 2.24) is 15.0 Å². The highest BCUT2D eigenvalue weighted by Crippen LogP contribution is 2.16. The van der Waals surface area contributed by atoms with Crippen molar-refractivity contribution in [2.75, 3.05) is 0 Å². The number of aryl methyl sites for hydroxylation is 1. The zero-order valence-corrected chi connectivity index (χ0v) is 10.5.